The highest BCUT2D eigenvalue weighted by Crippen LogP contribution is 2.22. The van der Waals surface area contributed by atoms with Crippen molar-refractivity contribution < 1.29 is 4.79 Å². The van der Waals surface area contributed by atoms with E-state index in [-0.39, 0.29) is 24.0 Å². The molecular weight excluding hydrogens is 370 g/mol. The number of thiocarbonyl (C=S) groups is 1. The second kappa shape index (κ2) is 7.55. The molecule has 1 aromatic heterocycles. The van der Waals surface area contributed by atoms with E-state index in [4.69, 9.17) is 35.3 Å². The molecule has 0 radical (unpaired) electrons. The molecule has 0 unspecified atom stereocenters. The van der Waals surface area contributed by atoms with E-state index in [9.17, 15) is 4.79 Å². The summed E-state index contributed by atoms with van der Waals surface area (Å²) in [6.07, 6.45) is 0.112. The Kier molecular flexibility index (Phi) is 5.20. The van der Waals surface area contributed by atoms with Crippen molar-refractivity contribution in [1.82, 2.24) is 9.78 Å². The number of benzene rings is 2. The number of nitrogens with zero attached hydrogens (tertiary/aromatic N) is 2. The summed E-state index contributed by atoms with van der Waals surface area (Å²) in [5.74, 6) is -0.111. The number of carbonyl (C=O) groups is 1. The van der Waals surface area contributed by atoms with Crippen LogP contribution >= 0.6 is 23.8 Å². The first kappa shape index (κ1) is 17.9. The number of para-hydroxylation sites is 1. The standard InChI is InChI=1S/C18H16ClN5OS/c19-12-8-6-11(7-9-12)10-14(25)24-17(21)15(16(20)23-24)18(26)22-13-4-2-1-3-5-13/h1-9H,10,21H2,(H2,20,23)(H,22,26). The number of anilines is 3. The number of nitrogens with two attached hydrogens (primary N) is 2. The number of hydrogen-bond acceptors (Lipinski definition) is 5. The lowest BCUT2D eigenvalue weighted by atomic mass is 10.1. The van der Waals surface area contributed by atoms with Gasteiger partial charge in [-0.05, 0) is 29.8 Å². The van der Waals surface area contributed by atoms with Crippen LogP contribution in [0.25, 0.3) is 0 Å². The van der Waals surface area contributed by atoms with Crippen molar-refractivity contribution in [3.8, 4) is 0 Å². The highest BCUT2D eigenvalue weighted by molar-refractivity contribution is 7.81. The van der Waals surface area contributed by atoms with Crippen molar-refractivity contribution in [1.29, 1.82) is 0 Å². The number of hydrogen-bond donors (Lipinski definition) is 3. The molecule has 3 rings (SSSR count). The van der Waals surface area contributed by atoms with Crippen LogP contribution < -0.4 is 16.8 Å². The van der Waals surface area contributed by atoms with Gasteiger partial charge in [0.1, 0.15) is 10.8 Å². The number of carbonyl (C=O) groups excluding carboxylic acids is 1. The molecule has 26 heavy (non-hydrogen) atoms. The van der Waals surface area contributed by atoms with Crippen molar-refractivity contribution in [2.24, 2.45) is 0 Å². The monoisotopic (exact) mass is 385 g/mol. The van der Waals surface area contributed by atoms with Crippen LogP contribution in [-0.4, -0.2) is 20.7 Å². The van der Waals surface area contributed by atoms with Crippen molar-refractivity contribution in [2.45, 2.75) is 6.42 Å². The maximum atomic E-state index is 12.5. The minimum atomic E-state index is -0.315. The van der Waals surface area contributed by atoms with Gasteiger partial charge in [-0.1, -0.05) is 54.2 Å². The minimum Gasteiger partial charge on any atom is -0.383 e. The average molecular weight is 386 g/mol. The molecule has 132 valence electrons. The molecule has 0 saturated carbocycles. The summed E-state index contributed by atoms with van der Waals surface area (Å²) in [4.78, 5) is 12.8. The fraction of sp³-hybridized carbons (Fsp3) is 0.0556. The van der Waals surface area contributed by atoms with E-state index in [0.717, 1.165) is 15.9 Å². The third-order valence-electron chi connectivity index (χ3n) is 3.71. The number of aromatic nitrogens is 2. The molecule has 0 aliphatic rings. The summed E-state index contributed by atoms with van der Waals surface area (Å²) >= 11 is 11.2. The van der Waals surface area contributed by atoms with Gasteiger partial charge < -0.3 is 16.8 Å². The van der Waals surface area contributed by atoms with Gasteiger partial charge in [-0.3, -0.25) is 4.79 Å². The lowest BCUT2D eigenvalue weighted by molar-refractivity contribution is 0.0902. The molecule has 2 aromatic carbocycles. The zero-order chi connectivity index (χ0) is 18.7. The molecule has 0 aliphatic carbocycles. The van der Waals surface area contributed by atoms with Gasteiger partial charge in [0, 0.05) is 10.7 Å². The zero-order valence-electron chi connectivity index (χ0n) is 13.6. The average Bonchev–Trinajstić information content (AvgIpc) is 2.92. The van der Waals surface area contributed by atoms with E-state index in [1.165, 1.54) is 0 Å². The summed E-state index contributed by atoms with van der Waals surface area (Å²) in [5, 5.41) is 7.69. The summed E-state index contributed by atoms with van der Waals surface area (Å²) < 4.78 is 1.08. The highest BCUT2D eigenvalue weighted by Gasteiger charge is 2.21. The maximum Gasteiger partial charge on any atom is 0.253 e. The van der Waals surface area contributed by atoms with Gasteiger partial charge in [-0.25, -0.2) is 0 Å². The van der Waals surface area contributed by atoms with E-state index in [0.29, 0.717) is 15.6 Å². The van der Waals surface area contributed by atoms with Crippen molar-refractivity contribution in [3.63, 3.8) is 0 Å². The first-order valence-electron chi connectivity index (χ1n) is 7.73. The Balaban J connectivity index is 1.81. The third kappa shape index (κ3) is 3.84. The third-order valence-corrected chi connectivity index (χ3v) is 4.27. The normalized spacial score (nSPS) is 10.5. The number of nitrogens with one attached hydrogen (secondary N) is 1. The second-order valence-electron chi connectivity index (χ2n) is 5.57. The topological polar surface area (TPSA) is 99.0 Å². The SMILES string of the molecule is Nc1nn(C(=O)Cc2ccc(Cl)cc2)c(N)c1C(=S)Nc1ccccc1. The quantitative estimate of drug-likeness (QED) is 0.595. The number of nitrogen functional groups attached to an aromatic ring is 2. The first-order chi connectivity index (χ1) is 12.5. The fourth-order valence-corrected chi connectivity index (χ4v) is 2.89. The van der Waals surface area contributed by atoms with Crippen LogP contribution in [0.3, 0.4) is 0 Å². The van der Waals surface area contributed by atoms with Gasteiger partial charge in [0.2, 0.25) is 0 Å². The van der Waals surface area contributed by atoms with E-state index in [1.54, 1.807) is 24.3 Å². The molecule has 5 N–H and O–H groups in total. The molecule has 0 spiro atoms. The molecule has 6 nitrogen and oxygen atoms in total. The van der Waals surface area contributed by atoms with E-state index < -0.39 is 0 Å². The largest absolute Gasteiger partial charge is 0.383 e. The molecule has 0 bridgehead atoms. The molecule has 8 heteroatoms. The molecule has 1 heterocycles. The molecular formula is C18H16ClN5OS. The molecule has 0 fully saturated rings. The summed E-state index contributed by atoms with van der Waals surface area (Å²) in [6, 6.07) is 16.3. The number of halogens is 1. The molecule has 0 atom stereocenters. The Morgan fingerprint density at radius 3 is 2.42 bits per heavy atom. The van der Waals surface area contributed by atoms with E-state index >= 15 is 0 Å². The van der Waals surface area contributed by atoms with Crippen LogP contribution in [0.1, 0.15) is 15.9 Å². The predicted octanol–water partition coefficient (Wildman–Crippen LogP) is 3.37. The van der Waals surface area contributed by atoms with Gasteiger partial charge in [-0.2, -0.15) is 4.68 Å². The number of rotatable bonds is 4. The molecule has 0 saturated heterocycles. The Bertz CT molecular complexity index is 954. The van der Waals surface area contributed by atoms with Crippen LogP contribution in [0.5, 0.6) is 0 Å². The predicted molar refractivity (Wildman–Crippen MR) is 109 cm³/mol. The van der Waals surface area contributed by atoms with Crippen molar-refractivity contribution in [2.75, 3.05) is 16.8 Å². The zero-order valence-corrected chi connectivity index (χ0v) is 15.2. The van der Waals surface area contributed by atoms with Gasteiger partial charge in [0.25, 0.3) is 5.91 Å². The maximum absolute atomic E-state index is 12.5. The summed E-state index contributed by atoms with van der Waals surface area (Å²) in [6.45, 7) is 0. The fourth-order valence-electron chi connectivity index (χ4n) is 2.44. The van der Waals surface area contributed by atoms with E-state index in [2.05, 4.69) is 10.4 Å². The Morgan fingerprint density at radius 1 is 1.12 bits per heavy atom. The van der Waals surface area contributed by atoms with Gasteiger partial charge in [-0.15, -0.1) is 5.10 Å². The second-order valence-corrected chi connectivity index (χ2v) is 6.42. The van der Waals surface area contributed by atoms with Crippen molar-refractivity contribution in [3.05, 3.63) is 70.7 Å². The van der Waals surface area contributed by atoms with Crippen LogP contribution in [-0.2, 0) is 6.42 Å². The van der Waals surface area contributed by atoms with Crippen LogP contribution in [0, 0.1) is 0 Å². The lowest BCUT2D eigenvalue weighted by Gasteiger charge is -2.08. The van der Waals surface area contributed by atoms with Gasteiger partial charge in [0.15, 0.2) is 5.82 Å². The summed E-state index contributed by atoms with van der Waals surface area (Å²) in [7, 11) is 0. The highest BCUT2D eigenvalue weighted by atomic mass is 35.5. The van der Waals surface area contributed by atoms with Crippen molar-refractivity contribution >= 4 is 52.0 Å². The molecule has 3 aromatic rings. The first-order valence-corrected chi connectivity index (χ1v) is 8.52. The summed E-state index contributed by atoms with van der Waals surface area (Å²) in [5.41, 5.74) is 13.9. The van der Waals surface area contributed by atoms with Crippen LogP contribution in [0.2, 0.25) is 5.02 Å². The molecule has 0 amide bonds. The van der Waals surface area contributed by atoms with Gasteiger partial charge >= 0.3 is 0 Å². The molecule has 0 aliphatic heterocycles. The van der Waals surface area contributed by atoms with Crippen LogP contribution in [0.15, 0.2) is 54.6 Å². The Morgan fingerprint density at radius 2 is 1.77 bits per heavy atom. The Hall–Kier alpha value is -2.90. The van der Waals surface area contributed by atoms with Crippen LogP contribution in [0.4, 0.5) is 17.3 Å². The van der Waals surface area contributed by atoms with E-state index in [1.807, 2.05) is 30.3 Å². The minimum absolute atomic E-state index is 0.0976. The lowest BCUT2D eigenvalue weighted by Crippen LogP contribution is -2.19. The Labute approximate surface area is 160 Å². The van der Waals surface area contributed by atoms with Gasteiger partial charge in [0.05, 0.1) is 12.0 Å². The smallest absolute Gasteiger partial charge is 0.253 e.